The Morgan fingerprint density at radius 3 is 2.62 bits per heavy atom. The van der Waals surface area contributed by atoms with Crippen LogP contribution in [0, 0.1) is 0 Å². The molecule has 2 rings (SSSR count). The highest BCUT2D eigenvalue weighted by molar-refractivity contribution is 5.70. The van der Waals surface area contributed by atoms with Crippen molar-refractivity contribution in [1.82, 2.24) is 5.27 Å². The van der Waals surface area contributed by atoms with E-state index in [1.54, 1.807) is 24.3 Å². The second-order valence-corrected chi connectivity index (χ2v) is 3.20. The number of hydrogen-bond acceptors (Lipinski definition) is 4. The minimum Gasteiger partial charge on any atom is -0.539 e. The summed E-state index contributed by atoms with van der Waals surface area (Å²) in [6.07, 6.45) is 1.17. The van der Waals surface area contributed by atoms with E-state index < -0.39 is 11.9 Å². The third-order valence-corrected chi connectivity index (χ3v) is 2.00. The van der Waals surface area contributed by atoms with Gasteiger partial charge in [0.25, 0.3) is 0 Å². The summed E-state index contributed by atoms with van der Waals surface area (Å²) in [5.41, 5.74) is 1.32. The van der Waals surface area contributed by atoms with Gasteiger partial charge in [0.05, 0.1) is 11.7 Å². The molecule has 0 saturated heterocycles. The van der Waals surface area contributed by atoms with Gasteiger partial charge >= 0.3 is 5.97 Å². The number of nitrogens with zero attached hydrogens (tertiary/aromatic N) is 2. The van der Waals surface area contributed by atoms with E-state index in [1.165, 1.54) is 10.9 Å². The maximum absolute atomic E-state index is 10.7. The molecule has 0 radical (unpaired) electrons. The van der Waals surface area contributed by atoms with Crippen LogP contribution < -0.4 is 9.79 Å². The molecule has 0 saturated carbocycles. The molecular formula is C10H8N2O4. The molecule has 6 heteroatoms. The standard InChI is InChI=1S/C10H8N2O4/c13-9(14)5-7-1-3-8(4-2-7)12-6-10(15)16-11-12/h1-4,6H,5H2,(H-,11,13,14,15). The van der Waals surface area contributed by atoms with E-state index in [9.17, 15) is 9.90 Å². The van der Waals surface area contributed by atoms with Gasteiger partial charge in [0, 0.05) is 12.1 Å². The summed E-state index contributed by atoms with van der Waals surface area (Å²) in [5.74, 6) is -1.42. The quantitative estimate of drug-likeness (QED) is 0.714. The van der Waals surface area contributed by atoms with Crippen LogP contribution in [0.3, 0.4) is 0 Å². The minimum atomic E-state index is -0.885. The van der Waals surface area contributed by atoms with Crippen LogP contribution in [0.5, 0.6) is 5.95 Å². The van der Waals surface area contributed by atoms with Gasteiger partial charge in [-0.15, -0.1) is 0 Å². The van der Waals surface area contributed by atoms with Gasteiger partial charge in [-0.3, -0.25) is 4.79 Å². The number of benzene rings is 1. The summed E-state index contributed by atoms with van der Waals surface area (Å²) in [7, 11) is 0. The molecular weight excluding hydrogens is 212 g/mol. The van der Waals surface area contributed by atoms with E-state index >= 15 is 0 Å². The molecule has 16 heavy (non-hydrogen) atoms. The Morgan fingerprint density at radius 2 is 2.12 bits per heavy atom. The summed E-state index contributed by atoms with van der Waals surface area (Å²) in [6, 6.07) is 6.66. The van der Waals surface area contributed by atoms with Crippen LogP contribution >= 0.6 is 0 Å². The van der Waals surface area contributed by atoms with Gasteiger partial charge < -0.3 is 14.7 Å². The number of aliphatic carboxylic acids is 1. The number of carboxylic acids is 1. The van der Waals surface area contributed by atoms with Crippen LogP contribution in [-0.2, 0) is 11.2 Å². The van der Waals surface area contributed by atoms with E-state index in [2.05, 4.69) is 9.79 Å². The maximum Gasteiger partial charge on any atom is 0.307 e. The molecule has 6 nitrogen and oxygen atoms in total. The normalized spacial score (nSPS) is 10.2. The van der Waals surface area contributed by atoms with Gasteiger partial charge in [-0.25, -0.2) is 0 Å². The fourth-order valence-electron chi connectivity index (χ4n) is 1.29. The molecule has 0 unspecified atom stereocenters. The zero-order chi connectivity index (χ0) is 11.5. The number of carboxylic acid groups (broad SMARTS) is 1. The molecule has 0 fully saturated rings. The molecule has 82 valence electrons. The van der Waals surface area contributed by atoms with Crippen LogP contribution in [0.4, 0.5) is 0 Å². The number of carbonyl (C=O) groups is 1. The van der Waals surface area contributed by atoms with Crippen LogP contribution in [-0.4, -0.2) is 16.3 Å². The smallest absolute Gasteiger partial charge is 0.307 e. The highest BCUT2D eigenvalue weighted by Gasteiger charge is 2.09. The number of rotatable bonds is 3. The predicted molar refractivity (Wildman–Crippen MR) is 48.8 cm³/mol. The topological polar surface area (TPSA) is 90.3 Å². The highest BCUT2D eigenvalue weighted by atomic mass is 16.6. The average molecular weight is 220 g/mol. The Kier molecular flexibility index (Phi) is 2.55. The number of aromatic nitrogens is 2. The van der Waals surface area contributed by atoms with Crippen molar-refractivity contribution >= 4 is 5.97 Å². The van der Waals surface area contributed by atoms with Crippen molar-refractivity contribution in [2.75, 3.05) is 0 Å². The fourth-order valence-corrected chi connectivity index (χ4v) is 1.29. The lowest BCUT2D eigenvalue weighted by atomic mass is 10.1. The molecule has 0 aliphatic rings. The Balaban J connectivity index is 2.22. The van der Waals surface area contributed by atoms with E-state index in [-0.39, 0.29) is 6.42 Å². The van der Waals surface area contributed by atoms with Crippen molar-refractivity contribution in [2.24, 2.45) is 0 Å². The SMILES string of the molecule is O=C(O)Cc1ccc(-[n+]2cc([O-])on2)cc1. The average Bonchev–Trinajstić information content (AvgIpc) is 2.65. The van der Waals surface area contributed by atoms with Gasteiger partial charge in [0.2, 0.25) is 11.9 Å². The summed E-state index contributed by atoms with van der Waals surface area (Å²) >= 11 is 0. The van der Waals surface area contributed by atoms with Crippen LogP contribution in [0.15, 0.2) is 35.0 Å². The monoisotopic (exact) mass is 220 g/mol. The van der Waals surface area contributed by atoms with Crippen molar-refractivity contribution in [1.29, 1.82) is 0 Å². The van der Waals surface area contributed by atoms with Crippen LogP contribution in [0.2, 0.25) is 0 Å². The van der Waals surface area contributed by atoms with Crippen molar-refractivity contribution in [3.63, 3.8) is 0 Å². The Hall–Kier alpha value is -2.37. The summed E-state index contributed by atoms with van der Waals surface area (Å²) in [6.45, 7) is 0. The molecule has 1 heterocycles. The molecule has 1 aromatic heterocycles. The minimum absolute atomic E-state index is 0.0312. The summed E-state index contributed by atoms with van der Waals surface area (Å²) in [4.78, 5) is 10.5. The van der Waals surface area contributed by atoms with Gasteiger partial charge in [0.15, 0.2) is 0 Å². The zero-order valence-electron chi connectivity index (χ0n) is 8.16. The molecule has 2 aromatic rings. The number of hydrogen-bond donors (Lipinski definition) is 1. The third kappa shape index (κ3) is 2.17. The summed E-state index contributed by atoms with van der Waals surface area (Å²) in [5, 5.41) is 22.8. The van der Waals surface area contributed by atoms with Gasteiger partial charge in [-0.2, -0.15) is 0 Å². The second kappa shape index (κ2) is 4.01. The first-order chi connectivity index (χ1) is 7.65. The third-order valence-electron chi connectivity index (χ3n) is 2.00. The van der Waals surface area contributed by atoms with Crippen molar-refractivity contribution < 1.29 is 24.2 Å². The second-order valence-electron chi connectivity index (χ2n) is 3.20. The highest BCUT2D eigenvalue weighted by Crippen LogP contribution is 2.06. The van der Waals surface area contributed by atoms with E-state index in [1.807, 2.05) is 0 Å². The van der Waals surface area contributed by atoms with Gasteiger partial charge in [0.1, 0.15) is 5.95 Å². The first kappa shape index (κ1) is 10.2. The Bertz CT molecular complexity index is 504. The first-order valence-corrected chi connectivity index (χ1v) is 4.52. The van der Waals surface area contributed by atoms with E-state index in [4.69, 9.17) is 5.11 Å². The summed E-state index contributed by atoms with van der Waals surface area (Å²) < 4.78 is 5.66. The lowest BCUT2D eigenvalue weighted by molar-refractivity contribution is -0.670. The van der Waals surface area contributed by atoms with Gasteiger partial charge in [-0.05, 0) is 10.2 Å². The Labute approximate surface area is 90.3 Å². The lowest BCUT2D eigenvalue weighted by Crippen LogP contribution is -2.31. The Morgan fingerprint density at radius 1 is 1.44 bits per heavy atom. The van der Waals surface area contributed by atoms with Crippen LogP contribution in [0.25, 0.3) is 5.69 Å². The zero-order valence-corrected chi connectivity index (χ0v) is 8.16. The molecule has 0 aliphatic heterocycles. The van der Waals surface area contributed by atoms with Crippen molar-refractivity contribution in [3.05, 3.63) is 36.0 Å². The van der Waals surface area contributed by atoms with E-state index in [0.29, 0.717) is 11.3 Å². The molecule has 0 bridgehead atoms. The van der Waals surface area contributed by atoms with Crippen molar-refractivity contribution in [3.8, 4) is 11.6 Å². The van der Waals surface area contributed by atoms with Crippen LogP contribution in [0.1, 0.15) is 5.56 Å². The van der Waals surface area contributed by atoms with Crippen molar-refractivity contribution in [2.45, 2.75) is 6.42 Å². The molecule has 1 N–H and O–H groups in total. The molecule has 0 atom stereocenters. The molecule has 0 amide bonds. The predicted octanol–water partition coefficient (Wildman–Crippen LogP) is -0.348. The van der Waals surface area contributed by atoms with E-state index in [0.717, 1.165) is 0 Å². The largest absolute Gasteiger partial charge is 0.539 e. The maximum atomic E-state index is 10.7. The lowest BCUT2D eigenvalue weighted by Gasteiger charge is -1.95. The molecule has 1 aromatic carbocycles. The molecule has 0 spiro atoms. The first-order valence-electron chi connectivity index (χ1n) is 4.52. The molecule has 0 aliphatic carbocycles. The van der Waals surface area contributed by atoms with Gasteiger partial charge in [-0.1, -0.05) is 12.1 Å². The fraction of sp³-hybridized carbons (Fsp3) is 0.100.